The molecule has 0 saturated carbocycles. The SMILES string of the molecule is C#Cc1cccc(C(=O)NCCOCCOCCOCCC(=O)CCCOCCOCCOCCOCCC(=O)O)c1. The molecule has 42 heavy (non-hydrogen) atoms. The van der Waals surface area contributed by atoms with Crippen molar-refractivity contribution in [2.75, 3.05) is 99.0 Å². The van der Waals surface area contributed by atoms with Crippen LogP contribution in [0.5, 0.6) is 0 Å². The van der Waals surface area contributed by atoms with Crippen LogP contribution in [0.2, 0.25) is 0 Å². The van der Waals surface area contributed by atoms with Gasteiger partial charge in [0.15, 0.2) is 0 Å². The monoisotopic (exact) mass is 595 g/mol. The van der Waals surface area contributed by atoms with Crippen molar-refractivity contribution in [1.29, 1.82) is 0 Å². The molecule has 0 aliphatic heterocycles. The molecule has 0 unspecified atom stereocenters. The number of amides is 1. The molecule has 0 heterocycles. The maximum Gasteiger partial charge on any atom is 0.305 e. The summed E-state index contributed by atoms with van der Waals surface area (Å²) in [5, 5.41) is 11.3. The summed E-state index contributed by atoms with van der Waals surface area (Å²) >= 11 is 0. The van der Waals surface area contributed by atoms with Crippen molar-refractivity contribution in [3.8, 4) is 12.3 Å². The summed E-state index contributed by atoms with van der Waals surface area (Å²) in [4.78, 5) is 34.3. The Labute approximate surface area is 248 Å². The summed E-state index contributed by atoms with van der Waals surface area (Å²) < 4.78 is 37.5. The average Bonchev–Trinajstić information content (AvgIpc) is 2.99. The molecule has 1 aromatic carbocycles. The zero-order valence-corrected chi connectivity index (χ0v) is 24.4. The van der Waals surface area contributed by atoms with Crippen molar-refractivity contribution < 1.29 is 52.6 Å². The second kappa shape index (κ2) is 27.0. The predicted molar refractivity (Wildman–Crippen MR) is 154 cm³/mol. The molecular formula is C30H45NO11. The van der Waals surface area contributed by atoms with E-state index in [2.05, 4.69) is 11.2 Å². The van der Waals surface area contributed by atoms with E-state index in [1.54, 1.807) is 24.3 Å². The highest BCUT2D eigenvalue weighted by atomic mass is 16.6. The van der Waals surface area contributed by atoms with Crippen LogP contribution in [-0.2, 0) is 42.7 Å². The summed E-state index contributed by atoms with van der Waals surface area (Å²) in [6.07, 6.45) is 6.78. The lowest BCUT2D eigenvalue weighted by Crippen LogP contribution is -2.27. The highest BCUT2D eigenvalue weighted by Gasteiger charge is 2.05. The third-order valence-corrected chi connectivity index (χ3v) is 5.41. The molecule has 0 saturated heterocycles. The summed E-state index contributed by atoms with van der Waals surface area (Å²) in [6.45, 7) is 5.87. The first-order chi connectivity index (χ1) is 20.5. The maximum absolute atomic E-state index is 12.1. The zero-order chi connectivity index (χ0) is 30.5. The molecule has 236 valence electrons. The van der Waals surface area contributed by atoms with Gasteiger partial charge in [-0.2, -0.15) is 0 Å². The van der Waals surface area contributed by atoms with Crippen molar-refractivity contribution in [3.05, 3.63) is 35.4 Å². The number of carboxylic acid groups (broad SMARTS) is 1. The Morgan fingerprint density at radius 1 is 0.667 bits per heavy atom. The number of ketones is 1. The van der Waals surface area contributed by atoms with Gasteiger partial charge in [0.25, 0.3) is 5.91 Å². The lowest BCUT2D eigenvalue weighted by atomic mass is 10.1. The van der Waals surface area contributed by atoms with Gasteiger partial charge in [-0.05, 0) is 24.6 Å². The Morgan fingerprint density at radius 3 is 1.71 bits per heavy atom. The quantitative estimate of drug-likeness (QED) is 0.103. The van der Waals surface area contributed by atoms with Crippen molar-refractivity contribution >= 4 is 17.7 Å². The number of ether oxygens (including phenoxy) is 7. The van der Waals surface area contributed by atoms with Gasteiger partial charge in [-0.3, -0.25) is 14.4 Å². The molecule has 0 aromatic heterocycles. The number of carbonyl (C=O) groups excluding carboxylic acids is 2. The minimum absolute atomic E-state index is 0.0147. The number of hydrogen-bond donors (Lipinski definition) is 2. The van der Waals surface area contributed by atoms with Crippen molar-refractivity contribution in [2.45, 2.75) is 25.7 Å². The molecule has 12 nitrogen and oxygen atoms in total. The molecule has 0 bridgehead atoms. The van der Waals surface area contributed by atoms with E-state index in [0.717, 1.165) is 0 Å². The molecule has 0 aliphatic rings. The first kappa shape index (κ1) is 37.1. The van der Waals surface area contributed by atoms with Gasteiger partial charge in [-0.25, -0.2) is 0 Å². The molecule has 12 heteroatoms. The van der Waals surface area contributed by atoms with Crippen LogP contribution in [0, 0.1) is 12.3 Å². The van der Waals surface area contributed by atoms with E-state index in [9.17, 15) is 14.4 Å². The molecule has 0 spiro atoms. The standard InChI is InChI=1S/C30H45NO11/c1-2-26-5-3-6-27(25-26)30(35)31-10-14-39-18-22-41-20-16-37-12-8-28(32)7-4-11-36-15-19-40-23-24-42-21-17-38-13-9-29(33)34/h1,3,5-6,25H,4,7-24H2,(H,31,35)(H,33,34). The number of benzene rings is 1. The fourth-order valence-electron chi connectivity index (χ4n) is 3.23. The summed E-state index contributed by atoms with van der Waals surface area (Å²) in [7, 11) is 0. The second-order valence-corrected chi connectivity index (χ2v) is 8.80. The van der Waals surface area contributed by atoms with Crippen LogP contribution in [0.25, 0.3) is 0 Å². The number of nitrogens with one attached hydrogen (secondary N) is 1. The first-order valence-electron chi connectivity index (χ1n) is 14.2. The van der Waals surface area contributed by atoms with Gasteiger partial charge in [-0.1, -0.05) is 12.0 Å². The maximum atomic E-state index is 12.1. The topological polar surface area (TPSA) is 148 Å². The van der Waals surface area contributed by atoms with Crippen LogP contribution >= 0.6 is 0 Å². The minimum Gasteiger partial charge on any atom is -0.481 e. The number of rotatable bonds is 29. The molecule has 0 aliphatic carbocycles. The minimum atomic E-state index is -0.885. The van der Waals surface area contributed by atoms with Gasteiger partial charge in [0.1, 0.15) is 5.78 Å². The Morgan fingerprint density at radius 2 is 1.17 bits per heavy atom. The molecule has 1 rings (SSSR count). The predicted octanol–water partition coefficient (Wildman–Crippen LogP) is 1.73. The third kappa shape index (κ3) is 22.8. The van der Waals surface area contributed by atoms with E-state index < -0.39 is 5.97 Å². The number of Topliss-reactive ketones (excluding diaryl/α,β-unsaturated/α-hetero) is 1. The Hall–Kier alpha value is -2.89. The molecular weight excluding hydrogens is 550 g/mol. The number of terminal acetylenes is 1. The Bertz CT molecular complexity index is 903. The zero-order valence-electron chi connectivity index (χ0n) is 24.4. The lowest BCUT2D eigenvalue weighted by Gasteiger charge is -2.08. The molecule has 2 N–H and O–H groups in total. The second-order valence-electron chi connectivity index (χ2n) is 8.80. The first-order valence-corrected chi connectivity index (χ1v) is 14.2. The highest BCUT2D eigenvalue weighted by Crippen LogP contribution is 2.03. The van der Waals surface area contributed by atoms with Gasteiger partial charge >= 0.3 is 5.97 Å². The smallest absolute Gasteiger partial charge is 0.305 e. The summed E-state index contributed by atoms with van der Waals surface area (Å²) in [5.41, 5.74) is 1.17. The molecule has 0 radical (unpaired) electrons. The van der Waals surface area contributed by atoms with Crippen LogP contribution < -0.4 is 5.32 Å². The normalized spacial score (nSPS) is 10.8. The lowest BCUT2D eigenvalue weighted by molar-refractivity contribution is -0.138. The van der Waals surface area contributed by atoms with Gasteiger partial charge in [0.2, 0.25) is 0 Å². The number of carbonyl (C=O) groups is 3. The number of hydrogen-bond acceptors (Lipinski definition) is 10. The van der Waals surface area contributed by atoms with Crippen LogP contribution in [0.15, 0.2) is 24.3 Å². The molecule has 0 fully saturated rings. The van der Waals surface area contributed by atoms with Gasteiger partial charge in [0.05, 0.1) is 92.3 Å². The number of aliphatic carboxylic acids is 1. The largest absolute Gasteiger partial charge is 0.481 e. The fourth-order valence-corrected chi connectivity index (χ4v) is 3.23. The van der Waals surface area contributed by atoms with Crippen LogP contribution in [0.1, 0.15) is 41.6 Å². The molecule has 0 atom stereocenters. The average molecular weight is 596 g/mol. The van der Waals surface area contributed by atoms with E-state index in [1.807, 2.05) is 0 Å². The van der Waals surface area contributed by atoms with E-state index in [0.29, 0.717) is 123 Å². The fraction of sp³-hybridized carbons (Fsp3) is 0.633. The highest BCUT2D eigenvalue weighted by molar-refractivity contribution is 5.94. The molecule has 1 amide bonds. The number of carboxylic acids is 1. The van der Waals surface area contributed by atoms with E-state index in [4.69, 9.17) is 44.7 Å². The summed E-state index contributed by atoms with van der Waals surface area (Å²) in [5.74, 6) is 1.54. The van der Waals surface area contributed by atoms with Gasteiger partial charge in [0, 0.05) is 37.1 Å². The van der Waals surface area contributed by atoms with Crippen molar-refractivity contribution in [2.24, 2.45) is 0 Å². The van der Waals surface area contributed by atoms with Gasteiger partial charge < -0.3 is 43.6 Å². The van der Waals surface area contributed by atoms with Crippen molar-refractivity contribution in [3.63, 3.8) is 0 Å². The summed E-state index contributed by atoms with van der Waals surface area (Å²) in [6, 6.07) is 6.88. The third-order valence-electron chi connectivity index (χ3n) is 5.41. The van der Waals surface area contributed by atoms with Crippen LogP contribution in [-0.4, -0.2) is 122 Å². The van der Waals surface area contributed by atoms with Crippen LogP contribution in [0.3, 0.4) is 0 Å². The van der Waals surface area contributed by atoms with Gasteiger partial charge in [-0.15, -0.1) is 6.42 Å². The van der Waals surface area contributed by atoms with E-state index >= 15 is 0 Å². The van der Waals surface area contributed by atoms with E-state index in [-0.39, 0.29) is 24.7 Å². The van der Waals surface area contributed by atoms with Crippen LogP contribution in [0.4, 0.5) is 0 Å². The Balaban J connectivity index is 1.77. The van der Waals surface area contributed by atoms with Crippen molar-refractivity contribution in [1.82, 2.24) is 5.32 Å². The Kier molecular flexibility index (Phi) is 23.8. The molecule has 1 aromatic rings. The van der Waals surface area contributed by atoms with E-state index in [1.165, 1.54) is 0 Å².